The van der Waals surface area contributed by atoms with Gasteiger partial charge < -0.3 is 10.1 Å². The van der Waals surface area contributed by atoms with Crippen LogP contribution in [0, 0.1) is 13.8 Å². The lowest BCUT2D eigenvalue weighted by Gasteiger charge is -2.13. The first-order chi connectivity index (χ1) is 12.6. The maximum absolute atomic E-state index is 12.3. The predicted molar refractivity (Wildman–Crippen MR) is 105 cm³/mol. The molecule has 1 N–H and O–H groups in total. The monoisotopic (exact) mass is 367 g/mol. The number of nitrogens with zero attached hydrogens (tertiary/aromatic N) is 2. The molecule has 1 aromatic heterocycles. The first-order valence-corrected chi connectivity index (χ1v) is 9.23. The number of aromatic nitrogens is 2. The molecule has 0 unspecified atom stereocenters. The highest BCUT2D eigenvalue weighted by Gasteiger charge is 2.13. The van der Waals surface area contributed by atoms with Crippen molar-refractivity contribution in [2.45, 2.75) is 19.0 Å². The van der Waals surface area contributed by atoms with Crippen molar-refractivity contribution in [2.75, 3.05) is 18.2 Å². The van der Waals surface area contributed by atoms with Crippen molar-refractivity contribution in [3.05, 3.63) is 66.0 Å². The third-order valence-corrected chi connectivity index (χ3v) is 4.92. The van der Waals surface area contributed by atoms with Crippen molar-refractivity contribution in [3.8, 4) is 11.4 Å². The third kappa shape index (κ3) is 4.08. The lowest BCUT2D eigenvalue weighted by molar-refractivity contribution is -0.113. The number of carbonyl (C=O) groups is 1. The van der Waals surface area contributed by atoms with Crippen molar-refractivity contribution in [1.82, 2.24) is 9.55 Å². The molecule has 0 atom stereocenters. The first-order valence-electron chi connectivity index (χ1n) is 8.25. The van der Waals surface area contributed by atoms with E-state index in [2.05, 4.69) is 10.3 Å². The molecule has 3 rings (SSSR count). The second kappa shape index (κ2) is 8.10. The standard InChI is InChI=1S/C20H21N3O2S/c1-14-8-9-18(25-3)17(12-14)23-11-10-21-20(23)26-13-19(24)22-16-7-5-4-6-15(16)2/h4-12H,13H2,1-3H3,(H,22,24). The molecule has 0 aliphatic carbocycles. The van der Waals surface area contributed by atoms with Gasteiger partial charge in [-0.1, -0.05) is 36.0 Å². The molecule has 1 heterocycles. The molecule has 0 spiro atoms. The largest absolute Gasteiger partial charge is 0.495 e. The van der Waals surface area contributed by atoms with E-state index in [0.29, 0.717) is 0 Å². The second-order valence-electron chi connectivity index (χ2n) is 5.91. The minimum absolute atomic E-state index is 0.0601. The fraction of sp³-hybridized carbons (Fsp3) is 0.200. The summed E-state index contributed by atoms with van der Waals surface area (Å²) in [6.07, 6.45) is 3.60. The number of carbonyl (C=O) groups excluding carboxylic acids is 1. The molecule has 2 aromatic carbocycles. The molecule has 6 heteroatoms. The maximum Gasteiger partial charge on any atom is 0.234 e. The summed E-state index contributed by atoms with van der Waals surface area (Å²) in [6.45, 7) is 4.00. The van der Waals surface area contributed by atoms with Crippen LogP contribution in [-0.4, -0.2) is 28.3 Å². The Hall–Kier alpha value is -2.73. The molecule has 0 bridgehead atoms. The van der Waals surface area contributed by atoms with Gasteiger partial charge in [0.15, 0.2) is 5.16 Å². The van der Waals surface area contributed by atoms with Crippen molar-refractivity contribution >= 4 is 23.4 Å². The summed E-state index contributed by atoms with van der Waals surface area (Å²) in [5, 5.41) is 3.69. The van der Waals surface area contributed by atoms with Gasteiger partial charge in [0.1, 0.15) is 5.75 Å². The molecule has 0 saturated carbocycles. The number of ether oxygens (including phenoxy) is 1. The molecule has 1 amide bonds. The van der Waals surface area contributed by atoms with E-state index in [1.54, 1.807) is 13.3 Å². The van der Waals surface area contributed by atoms with Crippen molar-refractivity contribution < 1.29 is 9.53 Å². The average Bonchev–Trinajstić information content (AvgIpc) is 3.10. The summed E-state index contributed by atoms with van der Waals surface area (Å²) in [7, 11) is 1.65. The fourth-order valence-electron chi connectivity index (χ4n) is 2.60. The van der Waals surface area contributed by atoms with Gasteiger partial charge in [-0.2, -0.15) is 0 Å². The van der Waals surface area contributed by atoms with E-state index in [1.807, 2.05) is 67.1 Å². The van der Waals surface area contributed by atoms with E-state index in [4.69, 9.17) is 4.74 Å². The van der Waals surface area contributed by atoms with Crippen molar-refractivity contribution in [1.29, 1.82) is 0 Å². The summed E-state index contributed by atoms with van der Waals surface area (Å²) in [4.78, 5) is 16.7. The summed E-state index contributed by atoms with van der Waals surface area (Å²) in [5.41, 5.74) is 3.91. The van der Waals surface area contributed by atoms with E-state index in [1.165, 1.54) is 11.8 Å². The predicted octanol–water partition coefficient (Wildman–Crippen LogP) is 4.23. The van der Waals surface area contributed by atoms with E-state index in [0.717, 1.165) is 33.4 Å². The molecule has 0 aliphatic heterocycles. The number of nitrogens with one attached hydrogen (secondary N) is 1. The molecule has 0 fully saturated rings. The number of hydrogen-bond donors (Lipinski definition) is 1. The van der Waals surface area contributed by atoms with Gasteiger partial charge in [-0.05, 0) is 43.2 Å². The molecule has 0 radical (unpaired) electrons. The third-order valence-electron chi connectivity index (χ3n) is 3.95. The van der Waals surface area contributed by atoms with Gasteiger partial charge in [0.2, 0.25) is 5.91 Å². The number of methoxy groups -OCH3 is 1. The highest BCUT2D eigenvalue weighted by atomic mass is 32.2. The Labute approximate surface area is 157 Å². The van der Waals surface area contributed by atoms with Crippen LogP contribution < -0.4 is 10.1 Å². The van der Waals surface area contributed by atoms with Crippen LogP contribution in [0.25, 0.3) is 5.69 Å². The van der Waals surface area contributed by atoms with Gasteiger partial charge in [0, 0.05) is 18.1 Å². The number of thioether (sulfide) groups is 1. The summed E-state index contributed by atoms with van der Waals surface area (Å²) >= 11 is 1.39. The quantitative estimate of drug-likeness (QED) is 0.663. The Bertz CT molecular complexity index is 921. The van der Waals surface area contributed by atoms with Crippen LogP contribution in [0.2, 0.25) is 0 Å². The van der Waals surface area contributed by atoms with E-state index >= 15 is 0 Å². The number of aryl methyl sites for hydroxylation is 2. The van der Waals surface area contributed by atoms with Crippen molar-refractivity contribution in [2.24, 2.45) is 0 Å². The van der Waals surface area contributed by atoms with E-state index in [-0.39, 0.29) is 11.7 Å². The number of amides is 1. The molecule has 3 aromatic rings. The Morgan fingerprint density at radius 1 is 1.23 bits per heavy atom. The summed E-state index contributed by atoms with van der Waals surface area (Å²) in [5.74, 6) is 0.981. The molecule has 5 nitrogen and oxygen atoms in total. The van der Waals surface area contributed by atoms with E-state index < -0.39 is 0 Å². The summed E-state index contributed by atoms with van der Waals surface area (Å²) in [6, 6.07) is 13.7. The van der Waals surface area contributed by atoms with Crippen LogP contribution >= 0.6 is 11.8 Å². The number of benzene rings is 2. The summed E-state index contributed by atoms with van der Waals surface area (Å²) < 4.78 is 7.40. The first kappa shape index (κ1) is 18.1. The average molecular weight is 367 g/mol. The van der Waals surface area contributed by atoms with E-state index in [9.17, 15) is 4.79 Å². The fourth-order valence-corrected chi connectivity index (χ4v) is 3.36. The number of para-hydroxylation sites is 1. The Morgan fingerprint density at radius 3 is 2.81 bits per heavy atom. The molecular weight excluding hydrogens is 346 g/mol. The highest BCUT2D eigenvalue weighted by molar-refractivity contribution is 7.99. The van der Waals surface area contributed by atoms with Crippen LogP contribution in [0.5, 0.6) is 5.75 Å². The Morgan fingerprint density at radius 2 is 2.04 bits per heavy atom. The zero-order valence-corrected chi connectivity index (χ0v) is 15.8. The van der Waals surface area contributed by atoms with Gasteiger partial charge in [-0.25, -0.2) is 4.98 Å². The van der Waals surface area contributed by atoms with Gasteiger partial charge in [0.25, 0.3) is 0 Å². The number of anilines is 1. The van der Waals surface area contributed by atoms with Gasteiger partial charge in [-0.3, -0.25) is 9.36 Å². The molecular formula is C20H21N3O2S. The van der Waals surface area contributed by atoms with Crippen LogP contribution in [0.15, 0.2) is 60.0 Å². The van der Waals surface area contributed by atoms with Crippen LogP contribution in [0.1, 0.15) is 11.1 Å². The molecule has 26 heavy (non-hydrogen) atoms. The van der Waals surface area contributed by atoms with Gasteiger partial charge in [0.05, 0.1) is 18.6 Å². The maximum atomic E-state index is 12.3. The normalized spacial score (nSPS) is 10.6. The Kier molecular flexibility index (Phi) is 5.63. The molecule has 0 saturated heterocycles. The smallest absolute Gasteiger partial charge is 0.234 e. The van der Waals surface area contributed by atoms with Crippen molar-refractivity contribution in [3.63, 3.8) is 0 Å². The SMILES string of the molecule is COc1ccc(C)cc1-n1ccnc1SCC(=O)Nc1ccccc1C. The lowest BCUT2D eigenvalue weighted by atomic mass is 10.2. The van der Waals surface area contributed by atoms with Crippen LogP contribution in [0.3, 0.4) is 0 Å². The molecule has 134 valence electrons. The number of imidazole rings is 1. The molecule has 0 aliphatic rings. The number of hydrogen-bond acceptors (Lipinski definition) is 4. The number of rotatable bonds is 6. The minimum Gasteiger partial charge on any atom is -0.495 e. The topological polar surface area (TPSA) is 56.2 Å². The van der Waals surface area contributed by atoms with Gasteiger partial charge in [-0.15, -0.1) is 0 Å². The lowest BCUT2D eigenvalue weighted by Crippen LogP contribution is -2.15. The minimum atomic E-state index is -0.0601. The second-order valence-corrected chi connectivity index (χ2v) is 6.85. The zero-order chi connectivity index (χ0) is 18.5. The van der Waals surface area contributed by atoms with Crippen LogP contribution in [-0.2, 0) is 4.79 Å². The Balaban J connectivity index is 1.73. The zero-order valence-electron chi connectivity index (χ0n) is 15.0. The van der Waals surface area contributed by atoms with Gasteiger partial charge >= 0.3 is 0 Å². The van der Waals surface area contributed by atoms with Crippen LogP contribution in [0.4, 0.5) is 5.69 Å². The highest BCUT2D eigenvalue weighted by Crippen LogP contribution is 2.28.